The maximum absolute atomic E-state index is 13.2. The zero-order valence-electron chi connectivity index (χ0n) is 9.86. The number of ether oxygens (including phenoxy) is 1. The molecule has 3 nitrogen and oxygen atoms in total. The fourth-order valence-corrected chi connectivity index (χ4v) is 2.20. The van der Waals surface area contributed by atoms with Gasteiger partial charge in [-0.15, -0.1) is 0 Å². The largest absolute Gasteiger partial charge is 0.366 e. The molecule has 1 aliphatic rings. The van der Waals surface area contributed by atoms with Crippen LogP contribution in [0, 0.1) is 5.82 Å². The number of benzene rings is 1. The first-order chi connectivity index (χ1) is 8.60. The Morgan fingerprint density at radius 1 is 1.50 bits per heavy atom. The third-order valence-corrected chi connectivity index (χ3v) is 3.40. The fraction of sp³-hybridized carbons (Fsp3) is 0.462. The van der Waals surface area contributed by atoms with Gasteiger partial charge in [0.1, 0.15) is 11.9 Å². The predicted molar refractivity (Wildman–Crippen MR) is 67.1 cm³/mol. The second-order valence-corrected chi connectivity index (χ2v) is 4.86. The van der Waals surface area contributed by atoms with Gasteiger partial charge in [0.15, 0.2) is 5.78 Å². The minimum Gasteiger partial charge on any atom is -0.366 e. The van der Waals surface area contributed by atoms with Crippen LogP contribution in [0.5, 0.6) is 0 Å². The van der Waals surface area contributed by atoms with E-state index in [1.165, 1.54) is 12.1 Å². The summed E-state index contributed by atoms with van der Waals surface area (Å²) in [6, 6.07) is 4.39. The number of carbonyl (C=O) groups excluding carboxylic acids is 1. The number of ketones is 1. The van der Waals surface area contributed by atoms with E-state index in [2.05, 4.69) is 0 Å². The summed E-state index contributed by atoms with van der Waals surface area (Å²) in [6.07, 6.45) is 1.23. The van der Waals surface area contributed by atoms with Crippen molar-refractivity contribution in [1.82, 2.24) is 0 Å². The average molecular weight is 272 g/mol. The normalized spacial score (nSPS) is 23.3. The lowest BCUT2D eigenvalue weighted by molar-refractivity contribution is -0.128. The Kier molecular flexibility index (Phi) is 4.32. The highest BCUT2D eigenvalue weighted by atomic mass is 35.5. The van der Waals surface area contributed by atoms with E-state index in [4.69, 9.17) is 22.1 Å². The molecule has 0 radical (unpaired) electrons. The smallest absolute Gasteiger partial charge is 0.165 e. The fourth-order valence-electron chi connectivity index (χ4n) is 2.08. The van der Waals surface area contributed by atoms with Crippen LogP contribution in [0.4, 0.5) is 4.39 Å². The second-order valence-electron chi connectivity index (χ2n) is 4.45. The molecule has 1 aliphatic heterocycles. The zero-order chi connectivity index (χ0) is 13.1. The van der Waals surface area contributed by atoms with E-state index in [9.17, 15) is 9.18 Å². The van der Waals surface area contributed by atoms with Crippen molar-refractivity contribution in [3.63, 3.8) is 0 Å². The Morgan fingerprint density at radius 2 is 2.28 bits per heavy atom. The summed E-state index contributed by atoms with van der Waals surface area (Å²) in [5.41, 5.74) is 6.10. The summed E-state index contributed by atoms with van der Waals surface area (Å²) in [5.74, 6) is -0.540. The summed E-state index contributed by atoms with van der Waals surface area (Å²) < 4.78 is 18.7. The van der Waals surface area contributed by atoms with Crippen molar-refractivity contribution in [3.05, 3.63) is 34.6 Å². The predicted octanol–water partition coefficient (Wildman–Crippen LogP) is 2.10. The van der Waals surface area contributed by atoms with Gasteiger partial charge in [0.25, 0.3) is 0 Å². The van der Waals surface area contributed by atoms with Crippen molar-refractivity contribution < 1.29 is 13.9 Å². The molecule has 1 fully saturated rings. The lowest BCUT2D eigenvalue weighted by Crippen LogP contribution is -2.26. The molecule has 98 valence electrons. The van der Waals surface area contributed by atoms with E-state index in [1.807, 2.05) is 0 Å². The van der Waals surface area contributed by atoms with E-state index >= 15 is 0 Å². The van der Waals surface area contributed by atoms with Gasteiger partial charge in [0.05, 0.1) is 11.1 Å². The highest BCUT2D eigenvalue weighted by Gasteiger charge is 2.29. The van der Waals surface area contributed by atoms with E-state index < -0.39 is 11.9 Å². The van der Waals surface area contributed by atoms with E-state index in [-0.39, 0.29) is 23.3 Å². The average Bonchev–Trinajstić information content (AvgIpc) is 2.82. The third-order valence-electron chi connectivity index (χ3n) is 3.09. The minimum absolute atomic E-state index is 0.0269. The number of hydrogen-bond donors (Lipinski definition) is 1. The van der Waals surface area contributed by atoms with Crippen LogP contribution in [-0.4, -0.2) is 24.5 Å². The lowest BCUT2D eigenvalue weighted by Gasteiger charge is -2.11. The van der Waals surface area contributed by atoms with Gasteiger partial charge < -0.3 is 10.5 Å². The molecule has 1 saturated heterocycles. The van der Waals surface area contributed by atoms with Crippen molar-refractivity contribution in [2.75, 3.05) is 6.54 Å². The molecule has 2 rings (SSSR count). The standard InChI is InChI=1S/C13H15ClFNO2/c14-10-3-1-8(5-11(10)15)6-12(17)13-4-2-9(7-16)18-13/h1,3,5,9,13H,2,4,6-7,16H2. The quantitative estimate of drug-likeness (QED) is 0.912. The molecule has 2 atom stereocenters. The Bertz CT molecular complexity index is 453. The monoisotopic (exact) mass is 271 g/mol. The molecule has 0 aliphatic carbocycles. The summed E-state index contributed by atoms with van der Waals surface area (Å²) in [5, 5.41) is 0.0616. The van der Waals surface area contributed by atoms with Gasteiger partial charge in [-0.05, 0) is 30.5 Å². The first kappa shape index (κ1) is 13.5. The molecule has 0 bridgehead atoms. The Hall–Kier alpha value is -0.970. The van der Waals surface area contributed by atoms with Crippen LogP contribution in [0.25, 0.3) is 0 Å². The van der Waals surface area contributed by atoms with Gasteiger partial charge in [-0.25, -0.2) is 4.39 Å². The van der Waals surface area contributed by atoms with Crippen molar-refractivity contribution >= 4 is 17.4 Å². The maximum atomic E-state index is 13.2. The topological polar surface area (TPSA) is 52.3 Å². The maximum Gasteiger partial charge on any atom is 0.165 e. The molecule has 5 heteroatoms. The molecule has 0 aromatic heterocycles. The van der Waals surface area contributed by atoms with E-state index in [0.29, 0.717) is 18.5 Å². The van der Waals surface area contributed by atoms with Crippen LogP contribution in [0.1, 0.15) is 18.4 Å². The molecular formula is C13H15ClFNO2. The molecule has 1 aromatic rings. The summed E-state index contributed by atoms with van der Waals surface area (Å²) >= 11 is 5.58. The highest BCUT2D eigenvalue weighted by molar-refractivity contribution is 6.30. The Balaban J connectivity index is 1.97. The van der Waals surface area contributed by atoms with Crippen LogP contribution < -0.4 is 5.73 Å². The molecule has 18 heavy (non-hydrogen) atoms. The van der Waals surface area contributed by atoms with E-state index in [1.54, 1.807) is 6.07 Å². The molecule has 2 N–H and O–H groups in total. The Labute approximate surface area is 110 Å². The number of hydrogen-bond acceptors (Lipinski definition) is 3. The Morgan fingerprint density at radius 3 is 2.89 bits per heavy atom. The van der Waals surface area contributed by atoms with Crippen LogP contribution in [-0.2, 0) is 16.0 Å². The first-order valence-corrected chi connectivity index (χ1v) is 6.30. The molecule has 0 saturated carbocycles. The zero-order valence-corrected chi connectivity index (χ0v) is 10.6. The van der Waals surface area contributed by atoms with Crippen LogP contribution in [0.15, 0.2) is 18.2 Å². The highest BCUT2D eigenvalue weighted by Crippen LogP contribution is 2.22. The number of halogens is 2. The van der Waals surface area contributed by atoms with Crippen molar-refractivity contribution in [1.29, 1.82) is 0 Å². The molecule has 1 heterocycles. The van der Waals surface area contributed by atoms with Gasteiger partial charge in [0, 0.05) is 13.0 Å². The molecule has 0 spiro atoms. The van der Waals surface area contributed by atoms with Crippen molar-refractivity contribution in [2.45, 2.75) is 31.5 Å². The first-order valence-electron chi connectivity index (χ1n) is 5.92. The lowest BCUT2D eigenvalue weighted by atomic mass is 10.0. The van der Waals surface area contributed by atoms with Gasteiger partial charge in [-0.3, -0.25) is 4.79 Å². The third kappa shape index (κ3) is 3.07. The van der Waals surface area contributed by atoms with Crippen LogP contribution in [0.3, 0.4) is 0 Å². The number of rotatable bonds is 4. The van der Waals surface area contributed by atoms with Crippen molar-refractivity contribution in [3.8, 4) is 0 Å². The van der Waals surface area contributed by atoms with Gasteiger partial charge >= 0.3 is 0 Å². The SMILES string of the molecule is NCC1CCC(C(=O)Cc2ccc(Cl)c(F)c2)O1. The summed E-state index contributed by atoms with van der Waals surface area (Å²) in [6.45, 7) is 0.430. The van der Waals surface area contributed by atoms with Crippen LogP contribution in [0.2, 0.25) is 5.02 Å². The molecule has 1 aromatic carbocycles. The van der Waals surface area contributed by atoms with Crippen LogP contribution >= 0.6 is 11.6 Å². The summed E-state index contributed by atoms with van der Waals surface area (Å²) in [7, 11) is 0. The molecule has 2 unspecified atom stereocenters. The van der Waals surface area contributed by atoms with Crippen molar-refractivity contribution in [2.24, 2.45) is 5.73 Å². The number of nitrogens with two attached hydrogens (primary N) is 1. The van der Waals surface area contributed by atoms with Gasteiger partial charge in [0.2, 0.25) is 0 Å². The van der Waals surface area contributed by atoms with E-state index in [0.717, 1.165) is 6.42 Å². The van der Waals surface area contributed by atoms with Gasteiger partial charge in [-0.2, -0.15) is 0 Å². The molecule has 0 amide bonds. The summed E-state index contributed by atoms with van der Waals surface area (Å²) in [4.78, 5) is 12.0. The second kappa shape index (κ2) is 5.78. The number of carbonyl (C=O) groups is 1. The molecular weight excluding hydrogens is 257 g/mol. The van der Waals surface area contributed by atoms with Gasteiger partial charge in [-0.1, -0.05) is 17.7 Å². The minimum atomic E-state index is -0.505. The number of Topliss-reactive ketones (excluding diaryl/α,β-unsaturated/α-hetero) is 1.